The number of likely N-dealkylation sites (N-methyl/N-ethyl adjacent to an activating group) is 1. The average molecular weight is 339 g/mol. The molecule has 0 bridgehead atoms. The summed E-state index contributed by atoms with van der Waals surface area (Å²) in [5.41, 5.74) is 0. The number of esters is 1. The summed E-state index contributed by atoms with van der Waals surface area (Å²) in [5, 5.41) is 2.75. The minimum Gasteiger partial charge on any atom is -0.469 e. The first-order valence-corrected chi connectivity index (χ1v) is 8.76. The summed E-state index contributed by atoms with van der Waals surface area (Å²) in [6, 6.07) is -0.346. The van der Waals surface area contributed by atoms with Gasteiger partial charge in [0.05, 0.1) is 20.1 Å². The molecule has 1 saturated carbocycles. The van der Waals surface area contributed by atoms with Crippen molar-refractivity contribution in [2.24, 2.45) is 5.92 Å². The van der Waals surface area contributed by atoms with Gasteiger partial charge in [-0.15, -0.1) is 0 Å². The van der Waals surface area contributed by atoms with Crippen LogP contribution in [0.3, 0.4) is 0 Å². The van der Waals surface area contributed by atoms with E-state index < -0.39 is 12.0 Å². The quantitative estimate of drug-likeness (QED) is 0.733. The number of amides is 2. The van der Waals surface area contributed by atoms with Gasteiger partial charge in [0.15, 0.2) is 0 Å². The van der Waals surface area contributed by atoms with Crippen LogP contribution in [0, 0.1) is 5.92 Å². The first-order chi connectivity index (χ1) is 11.4. The van der Waals surface area contributed by atoms with Gasteiger partial charge in [-0.3, -0.25) is 19.3 Å². The first-order valence-electron chi connectivity index (χ1n) is 8.76. The molecule has 0 aromatic carbocycles. The van der Waals surface area contributed by atoms with Gasteiger partial charge < -0.3 is 15.0 Å². The molecule has 7 nitrogen and oxygen atoms in total. The monoisotopic (exact) mass is 339 g/mol. The van der Waals surface area contributed by atoms with Crippen molar-refractivity contribution in [3.8, 4) is 0 Å². The molecule has 0 radical (unpaired) electrons. The van der Waals surface area contributed by atoms with Crippen molar-refractivity contribution >= 4 is 17.8 Å². The zero-order valence-corrected chi connectivity index (χ0v) is 14.9. The Balaban J connectivity index is 1.94. The van der Waals surface area contributed by atoms with Gasteiger partial charge in [-0.2, -0.15) is 0 Å². The molecular weight excluding hydrogens is 310 g/mol. The fourth-order valence-electron chi connectivity index (χ4n) is 3.53. The molecule has 1 unspecified atom stereocenters. The molecule has 1 N–H and O–H groups in total. The Morgan fingerprint density at radius 1 is 1.29 bits per heavy atom. The average Bonchev–Trinajstić information content (AvgIpc) is 2.57. The number of piperazine rings is 1. The Kier molecular flexibility index (Phi) is 6.60. The second-order valence-electron chi connectivity index (χ2n) is 6.98. The molecule has 1 atom stereocenters. The lowest BCUT2D eigenvalue weighted by Crippen LogP contribution is -2.58. The van der Waals surface area contributed by atoms with E-state index in [2.05, 4.69) is 17.0 Å². The molecule has 24 heavy (non-hydrogen) atoms. The van der Waals surface area contributed by atoms with Crippen LogP contribution in [0.15, 0.2) is 0 Å². The molecule has 136 valence electrons. The Bertz CT molecular complexity index is 474. The number of ether oxygens (including phenoxy) is 1. The number of nitrogens with zero attached hydrogens (tertiary/aromatic N) is 2. The van der Waals surface area contributed by atoms with E-state index >= 15 is 0 Å². The van der Waals surface area contributed by atoms with E-state index in [1.807, 2.05) is 11.9 Å². The maximum atomic E-state index is 12.6. The molecule has 7 heteroatoms. The number of carbonyl (C=O) groups is 3. The summed E-state index contributed by atoms with van der Waals surface area (Å²) in [5.74, 6) is 0.0943. The molecule has 0 spiro atoms. The highest BCUT2D eigenvalue weighted by Gasteiger charge is 2.34. The Hall–Kier alpha value is -1.63. The third kappa shape index (κ3) is 4.69. The van der Waals surface area contributed by atoms with E-state index in [1.165, 1.54) is 7.11 Å². The molecule has 2 aliphatic rings. The second-order valence-corrected chi connectivity index (χ2v) is 6.98. The van der Waals surface area contributed by atoms with Crippen molar-refractivity contribution in [1.82, 2.24) is 15.1 Å². The van der Waals surface area contributed by atoms with Gasteiger partial charge in [0.2, 0.25) is 11.8 Å². The molecule has 1 aliphatic heterocycles. The van der Waals surface area contributed by atoms with Crippen molar-refractivity contribution in [3.63, 3.8) is 0 Å². The van der Waals surface area contributed by atoms with Crippen LogP contribution in [0.25, 0.3) is 0 Å². The van der Waals surface area contributed by atoms with Crippen molar-refractivity contribution in [2.75, 3.05) is 33.8 Å². The topological polar surface area (TPSA) is 79.0 Å². The van der Waals surface area contributed by atoms with E-state index in [1.54, 1.807) is 4.90 Å². The molecule has 0 aromatic heterocycles. The fraction of sp³-hybridized carbons (Fsp3) is 0.824. The minimum atomic E-state index is -0.630. The molecule has 2 fully saturated rings. The predicted molar refractivity (Wildman–Crippen MR) is 89.2 cm³/mol. The number of methoxy groups -OCH3 is 1. The second kappa shape index (κ2) is 8.46. The van der Waals surface area contributed by atoms with E-state index in [0.29, 0.717) is 13.1 Å². The molecule has 1 aliphatic carbocycles. The molecule has 2 rings (SSSR count). The summed E-state index contributed by atoms with van der Waals surface area (Å²) >= 11 is 0. The van der Waals surface area contributed by atoms with Gasteiger partial charge >= 0.3 is 5.97 Å². The van der Waals surface area contributed by atoms with Crippen molar-refractivity contribution in [3.05, 3.63) is 0 Å². The molecule has 0 aromatic rings. The van der Waals surface area contributed by atoms with Crippen molar-refractivity contribution in [1.29, 1.82) is 0 Å². The number of carbonyl (C=O) groups excluding carboxylic acids is 3. The highest BCUT2D eigenvalue weighted by Crippen LogP contribution is 2.26. The Morgan fingerprint density at radius 2 is 1.96 bits per heavy atom. The first kappa shape index (κ1) is 18.7. The summed E-state index contributed by atoms with van der Waals surface area (Å²) < 4.78 is 4.67. The molecule has 1 saturated heterocycles. The number of rotatable bonds is 5. The zero-order chi connectivity index (χ0) is 17.7. The number of nitrogens with one attached hydrogen (secondary N) is 1. The van der Waals surface area contributed by atoms with Gasteiger partial charge in [0.1, 0.15) is 6.04 Å². The molecule has 1 heterocycles. The largest absolute Gasteiger partial charge is 0.469 e. The number of hydrogen-bond acceptors (Lipinski definition) is 5. The third-order valence-corrected chi connectivity index (χ3v) is 5.29. The molecular formula is C17H29N3O4. The normalized spacial score (nSPS) is 28.1. The van der Waals surface area contributed by atoms with E-state index in [-0.39, 0.29) is 30.8 Å². The molecule has 2 amide bonds. The Morgan fingerprint density at radius 3 is 2.58 bits per heavy atom. The van der Waals surface area contributed by atoms with E-state index in [9.17, 15) is 14.4 Å². The van der Waals surface area contributed by atoms with Crippen LogP contribution < -0.4 is 5.32 Å². The van der Waals surface area contributed by atoms with Crippen LogP contribution in [-0.4, -0.2) is 73.5 Å². The van der Waals surface area contributed by atoms with Crippen LogP contribution in [0.4, 0.5) is 0 Å². The van der Waals surface area contributed by atoms with E-state index in [0.717, 1.165) is 31.6 Å². The minimum absolute atomic E-state index is 0.0131. The van der Waals surface area contributed by atoms with Gasteiger partial charge in [0.25, 0.3) is 0 Å². The van der Waals surface area contributed by atoms with Gasteiger partial charge in [-0.25, -0.2) is 0 Å². The highest BCUT2D eigenvalue weighted by atomic mass is 16.5. The maximum absolute atomic E-state index is 12.6. The van der Waals surface area contributed by atoms with Gasteiger partial charge in [-0.1, -0.05) is 6.92 Å². The SMILES string of the molecule is COC(=O)CC1C(=O)NCCN1CC(=O)N(C)C1CCC(C)CC1. The summed E-state index contributed by atoms with van der Waals surface area (Å²) in [6.07, 6.45) is 4.35. The van der Waals surface area contributed by atoms with Crippen molar-refractivity contribution in [2.45, 2.75) is 51.1 Å². The summed E-state index contributed by atoms with van der Waals surface area (Å²) in [4.78, 5) is 39.9. The predicted octanol–water partition coefficient (Wildman–Crippen LogP) is 0.387. The van der Waals surface area contributed by atoms with Crippen LogP contribution in [0.1, 0.15) is 39.0 Å². The van der Waals surface area contributed by atoms with Gasteiger partial charge in [0, 0.05) is 26.2 Å². The van der Waals surface area contributed by atoms with E-state index in [4.69, 9.17) is 0 Å². The third-order valence-electron chi connectivity index (χ3n) is 5.29. The fourth-order valence-corrected chi connectivity index (χ4v) is 3.53. The maximum Gasteiger partial charge on any atom is 0.307 e. The highest BCUT2D eigenvalue weighted by molar-refractivity contribution is 5.88. The summed E-state index contributed by atoms with van der Waals surface area (Å²) in [6.45, 7) is 3.47. The van der Waals surface area contributed by atoms with Crippen molar-refractivity contribution < 1.29 is 19.1 Å². The van der Waals surface area contributed by atoms with Crippen LogP contribution >= 0.6 is 0 Å². The van der Waals surface area contributed by atoms with Crippen LogP contribution in [0.2, 0.25) is 0 Å². The van der Waals surface area contributed by atoms with Gasteiger partial charge in [-0.05, 0) is 31.6 Å². The lowest BCUT2D eigenvalue weighted by molar-refractivity contribution is -0.147. The van der Waals surface area contributed by atoms with Crippen LogP contribution in [0.5, 0.6) is 0 Å². The standard InChI is InChI=1S/C17H29N3O4/c1-12-4-6-13(7-5-12)19(2)15(21)11-20-9-8-18-17(23)14(20)10-16(22)24-3/h12-14H,4-11H2,1-3H3,(H,18,23). The summed E-state index contributed by atoms with van der Waals surface area (Å²) in [7, 11) is 3.15. The lowest BCUT2D eigenvalue weighted by Gasteiger charge is -2.37. The smallest absolute Gasteiger partial charge is 0.307 e. The lowest BCUT2D eigenvalue weighted by atomic mass is 9.87. The number of hydrogen-bond donors (Lipinski definition) is 1. The van der Waals surface area contributed by atoms with Crippen LogP contribution in [-0.2, 0) is 19.1 Å². The zero-order valence-electron chi connectivity index (χ0n) is 14.9. The Labute approximate surface area is 143 Å².